The average molecular weight is 487 g/mol. The first-order valence-electron chi connectivity index (χ1n) is 10.3. The third kappa shape index (κ3) is 5.15. The summed E-state index contributed by atoms with van der Waals surface area (Å²) < 4.78 is 47.7. The zero-order valence-electron chi connectivity index (χ0n) is 18.1. The van der Waals surface area contributed by atoms with Crippen molar-refractivity contribution in [2.24, 2.45) is 0 Å². The van der Waals surface area contributed by atoms with E-state index in [1.165, 1.54) is 37.4 Å². The number of carbonyl (C=O) groups is 1. The van der Waals surface area contributed by atoms with Crippen LogP contribution in [0.15, 0.2) is 70.5 Å². The monoisotopic (exact) mass is 486 g/mol. The first-order chi connectivity index (χ1) is 15.8. The molecule has 1 amide bonds. The molecular weight excluding hydrogens is 463 g/mol. The molecule has 3 aromatic rings. The lowest BCUT2D eigenvalue weighted by Gasteiger charge is -2.26. The number of halogens is 1. The molecular formula is C24H23FN2O4S2. The van der Waals surface area contributed by atoms with E-state index in [9.17, 15) is 17.6 Å². The summed E-state index contributed by atoms with van der Waals surface area (Å²) >= 11 is 1.61. The van der Waals surface area contributed by atoms with E-state index in [1.807, 2.05) is 6.92 Å². The number of hydrogen-bond donors (Lipinski definition) is 2. The second-order valence-corrected chi connectivity index (χ2v) is 10.5. The van der Waals surface area contributed by atoms with Gasteiger partial charge in [0.05, 0.1) is 13.2 Å². The summed E-state index contributed by atoms with van der Waals surface area (Å²) in [5, 5.41) is 2.92. The predicted molar refractivity (Wildman–Crippen MR) is 127 cm³/mol. The third-order valence-corrected chi connectivity index (χ3v) is 7.86. The molecule has 1 atom stereocenters. The van der Waals surface area contributed by atoms with Gasteiger partial charge in [0.1, 0.15) is 16.5 Å². The lowest BCUT2D eigenvalue weighted by atomic mass is 10.0. The van der Waals surface area contributed by atoms with Crippen LogP contribution in [0.25, 0.3) is 0 Å². The fourth-order valence-corrected chi connectivity index (χ4v) is 5.98. The molecule has 0 radical (unpaired) electrons. The Morgan fingerprint density at radius 3 is 2.58 bits per heavy atom. The van der Waals surface area contributed by atoms with Crippen LogP contribution in [-0.2, 0) is 10.0 Å². The number of benzene rings is 3. The highest BCUT2D eigenvalue weighted by molar-refractivity contribution is 7.99. The van der Waals surface area contributed by atoms with E-state index in [0.717, 1.165) is 21.8 Å². The minimum atomic E-state index is -4.02. The van der Waals surface area contributed by atoms with Crippen molar-refractivity contribution in [3.05, 3.63) is 83.2 Å². The van der Waals surface area contributed by atoms with Crippen LogP contribution in [0, 0.1) is 12.7 Å². The van der Waals surface area contributed by atoms with E-state index in [0.29, 0.717) is 12.1 Å². The summed E-state index contributed by atoms with van der Waals surface area (Å²) in [7, 11) is -2.65. The molecule has 0 bridgehead atoms. The molecule has 0 fully saturated rings. The Labute approximate surface area is 196 Å². The Balaban J connectivity index is 1.61. The van der Waals surface area contributed by atoms with Crippen molar-refractivity contribution in [2.75, 3.05) is 17.6 Å². The van der Waals surface area contributed by atoms with Crippen LogP contribution in [0.5, 0.6) is 5.75 Å². The fraction of sp³-hybridized carbons (Fsp3) is 0.208. The zero-order valence-corrected chi connectivity index (χ0v) is 19.7. The van der Waals surface area contributed by atoms with Gasteiger partial charge in [-0.25, -0.2) is 12.8 Å². The maximum absolute atomic E-state index is 13.8. The summed E-state index contributed by atoms with van der Waals surface area (Å²) in [6.07, 6.45) is 0.642. The molecule has 1 aliphatic rings. The average Bonchev–Trinajstić information content (AvgIpc) is 2.80. The van der Waals surface area contributed by atoms with Gasteiger partial charge in [-0.3, -0.25) is 9.52 Å². The summed E-state index contributed by atoms with van der Waals surface area (Å²) in [5.41, 5.74) is 2.28. The number of fused-ring (bicyclic) bond motifs is 1. The standard InChI is InChI=1S/C24H23FN2O4S2/c1-15-3-7-18(8-4-15)27-33(29,30)23-13-16(5-9-21(23)31-2)24(28)26-20-11-12-32-22-10-6-17(25)14-19(20)22/h3-10,13-14,20,27H,11-12H2,1-2H3,(H,26,28). The Morgan fingerprint density at radius 2 is 1.85 bits per heavy atom. The van der Waals surface area contributed by atoms with Crippen LogP contribution in [0.3, 0.4) is 0 Å². The van der Waals surface area contributed by atoms with Gasteiger partial charge in [-0.15, -0.1) is 11.8 Å². The summed E-state index contributed by atoms with van der Waals surface area (Å²) in [6.45, 7) is 1.90. The van der Waals surface area contributed by atoms with Crippen LogP contribution < -0.4 is 14.8 Å². The summed E-state index contributed by atoms with van der Waals surface area (Å²) in [6, 6.07) is 15.3. The number of carbonyl (C=O) groups excluding carboxylic acids is 1. The van der Waals surface area contributed by atoms with E-state index >= 15 is 0 Å². The van der Waals surface area contributed by atoms with Crippen molar-refractivity contribution in [2.45, 2.75) is 29.2 Å². The van der Waals surface area contributed by atoms with Gasteiger partial charge in [0.15, 0.2) is 0 Å². The van der Waals surface area contributed by atoms with Crippen LogP contribution in [-0.4, -0.2) is 27.2 Å². The fourth-order valence-electron chi connectivity index (χ4n) is 3.62. The van der Waals surface area contributed by atoms with Gasteiger partial charge in [0.2, 0.25) is 0 Å². The Bertz CT molecular complexity index is 1290. The molecule has 0 spiro atoms. The molecule has 6 nitrogen and oxygen atoms in total. The lowest BCUT2D eigenvalue weighted by molar-refractivity contribution is 0.0934. The zero-order chi connectivity index (χ0) is 23.6. The van der Waals surface area contributed by atoms with E-state index < -0.39 is 15.9 Å². The number of hydrogen-bond acceptors (Lipinski definition) is 5. The SMILES string of the molecule is COc1ccc(C(=O)NC2CCSc3ccc(F)cc32)cc1S(=O)(=O)Nc1ccc(C)cc1. The molecule has 3 aromatic carbocycles. The molecule has 1 unspecified atom stereocenters. The van der Waals surface area contributed by atoms with Gasteiger partial charge in [0, 0.05) is 21.9 Å². The molecule has 9 heteroatoms. The quantitative estimate of drug-likeness (QED) is 0.517. The minimum Gasteiger partial charge on any atom is -0.495 e. The Kier molecular flexibility index (Phi) is 6.62. The van der Waals surface area contributed by atoms with Gasteiger partial charge in [-0.2, -0.15) is 0 Å². The molecule has 0 aromatic heterocycles. The molecule has 0 saturated carbocycles. The number of rotatable bonds is 6. The van der Waals surface area contributed by atoms with Crippen molar-refractivity contribution in [3.63, 3.8) is 0 Å². The number of sulfonamides is 1. The first-order valence-corrected chi connectivity index (χ1v) is 12.7. The highest BCUT2D eigenvalue weighted by Gasteiger charge is 2.26. The van der Waals surface area contributed by atoms with Gasteiger partial charge < -0.3 is 10.1 Å². The topological polar surface area (TPSA) is 84.5 Å². The molecule has 0 saturated heterocycles. The Morgan fingerprint density at radius 1 is 1.09 bits per heavy atom. The highest BCUT2D eigenvalue weighted by atomic mass is 32.2. The molecule has 172 valence electrons. The normalized spacial score (nSPS) is 15.4. The van der Waals surface area contributed by atoms with Gasteiger partial charge in [0.25, 0.3) is 15.9 Å². The number of methoxy groups -OCH3 is 1. The number of thioether (sulfide) groups is 1. The minimum absolute atomic E-state index is 0.118. The van der Waals surface area contributed by atoms with E-state index in [2.05, 4.69) is 10.0 Å². The molecule has 1 heterocycles. The van der Waals surface area contributed by atoms with Crippen LogP contribution >= 0.6 is 11.8 Å². The van der Waals surface area contributed by atoms with Crippen molar-refractivity contribution >= 4 is 33.4 Å². The largest absolute Gasteiger partial charge is 0.495 e. The molecule has 4 rings (SSSR count). The lowest BCUT2D eigenvalue weighted by Crippen LogP contribution is -2.31. The summed E-state index contributed by atoms with van der Waals surface area (Å²) in [4.78, 5) is 13.8. The second kappa shape index (κ2) is 9.44. The molecule has 2 N–H and O–H groups in total. The van der Waals surface area contributed by atoms with Crippen molar-refractivity contribution < 1.29 is 22.3 Å². The van der Waals surface area contributed by atoms with Crippen molar-refractivity contribution in [1.29, 1.82) is 0 Å². The molecule has 1 aliphatic heterocycles. The van der Waals surface area contributed by atoms with Gasteiger partial charge in [-0.05, 0) is 67.4 Å². The van der Waals surface area contributed by atoms with E-state index in [1.54, 1.807) is 42.1 Å². The molecule has 0 aliphatic carbocycles. The van der Waals surface area contributed by atoms with Crippen molar-refractivity contribution in [3.8, 4) is 5.75 Å². The Hall–Kier alpha value is -3.04. The second-order valence-electron chi connectivity index (χ2n) is 7.68. The number of nitrogens with one attached hydrogen (secondary N) is 2. The van der Waals surface area contributed by atoms with Crippen LogP contribution in [0.4, 0.5) is 10.1 Å². The smallest absolute Gasteiger partial charge is 0.265 e. The molecule has 33 heavy (non-hydrogen) atoms. The van der Waals surface area contributed by atoms with Gasteiger partial charge >= 0.3 is 0 Å². The maximum atomic E-state index is 13.8. The predicted octanol–water partition coefficient (Wildman–Crippen LogP) is 4.91. The number of aryl methyl sites for hydroxylation is 1. The third-order valence-electron chi connectivity index (χ3n) is 5.34. The number of ether oxygens (including phenoxy) is 1. The highest BCUT2D eigenvalue weighted by Crippen LogP contribution is 2.37. The van der Waals surface area contributed by atoms with E-state index in [4.69, 9.17) is 4.74 Å². The van der Waals surface area contributed by atoms with Crippen LogP contribution in [0.1, 0.15) is 33.9 Å². The number of amides is 1. The summed E-state index contributed by atoms with van der Waals surface area (Å²) in [5.74, 6) is 0.0893. The van der Waals surface area contributed by atoms with E-state index in [-0.39, 0.29) is 28.1 Å². The first kappa shape index (κ1) is 23.1. The number of anilines is 1. The maximum Gasteiger partial charge on any atom is 0.265 e. The van der Waals surface area contributed by atoms with Crippen LogP contribution in [0.2, 0.25) is 0 Å². The van der Waals surface area contributed by atoms with Gasteiger partial charge in [-0.1, -0.05) is 17.7 Å². The van der Waals surface area contributed by atoms with Crippen molar-refractivity contribution in [1.82, 2.24) is 5.32 Å².